The molecule has 1 atom stereocenters. The number of amides is 1. The second-order valence-electron chi connectivity index (χ2n) is 7.49. The number of benzene rings is 3. The highest BCUT2D eigenvalue weighted by molar-refractivity contribution is 9.10. The molecule has 2 heterocycles. The summed E-state index contributed by atoms with van der Waals surface area (Å²) in [4.78, 5) is 18.0. The van der Waals surface area contributed by atoms with Gasteiger partial charge in [-0.05, 0) is 47.2 Å². The maximum Gasteiger partial charge on any atom is 0.276 e. The first-order valence-corrected chi connectivity index (χ1v) is 12.4. The largest absolute Gasteiger partial charge is 0.489 e. The number of hydrogen-bond acceptors (Lipinski definition) is 6. The molecule has 0 saturated heterocycles. The predicted octanol–water partition coefficient (Wildman–Crippen LogP) is 3.92. The second kappa shape index (κ2) is 9.41. The number of nitrogens with one attached hydrogen (secondary N) is 1. The van der Waals surface area contributed by atoms with E-state index in [1.165, 1.54) is 11.8 Å². The van der Waals surface area contributed by atoms with Gasteiger partial charge in [-0.15, -0.1) is 5.10 Å². The molecule has 166 valence electrons. The zero-order valence-corrected chi connectivity index (χ0v) is 20.3. The van der Waals surface area contributed by atoms with E-state index in [0.717, 1.165) is 37.7 Å². The number of ether oxygens (including phenoxy) is 1. The number of rotatable bonds is 5. The lowest BCUT2D eigenvalue weighted by Gasteiger charge is -2.34. The molecule has 2 aliphatic heterocycles. The predicted molar refractivity (Wildman–Crippen MR) is 134 cm³/mol. The van der Waals surface area contributed by atoms with Crippen LogP contribution in [0.25, 0.3) is 5.70 Å². The molecular weight excluding hydrogens is 500 g/mol. The molecule has 0 bridgehead atoms. The molecule has 0 fully saturated rings. The molecule has 2 aliphatic rings. The quantitative estimate of drug-likeness (QED) is 0.553. The van der Waals surface area contributed by atoms with Gasteiger partial charge in [0, 0.05) is 9.69 Å². The first-order chi connectivity index (χ1) is 16.1. The highest BCUT2D eigenvalue weighted by Crippen LogP contribution is 2.31. The van der Waals surface area contributed by atoms with Gasteiger partial charge in [-0.1, -0.05) is 77.1 Å². The smallest absolute Gasteiger partial charge is 0.276 e. The zero-order chi connectivity index (χ0) is 22.8. The molecule has 5 rings (SSSR count). The number of carbonyl (C=O) groups excluding carboxylic acids is 1. The van der Waals surface area contributed by atoms with Gasteiger partial charge in [0.15, 0.2) is 11.3 Å². The lowest BCUT2D eigenvalue weighted by atomic mass is 10.1. The zero-order valence-electron chi connectivity index (χ0n) is 17.9. The number of halogens is 1. The van der Waals surface area contributed by atoms with E-state index in [-0.39, 0.29) is 5.91 Å². The van der Waals surface area contributed by atoms with Crippen LogP contribution in [0, 0.1) is 0 Å². The summed E-state index contributed by atoms with van der Waals surface area (Å²) >= 11 is 5.00. The second-order valence-corrected chi connectivity index (χ2v) is 9.66. The minimum absolute atomic E-state index is 0.178. The van der Waals surface area contributed by atoms with Crippen LogP contribution in [-0.2, 0) is 11.4 Å². The number of hydrazone groups is 1. The molecule has 3 aromatic rings. The molecule has 1 unspecified atom stereocenters. The van der Waals surface area contributed by atoms with Gasteiger partial charge >= 0.3 is 0 Å². The van der Waals surface area contributed by atoms with Crippen molar-refractivity contribution < 1.29 is 9.53 Å². The van der Waals surface area contributed by atoms with Crippen molar-refractivity contribution in [2.24, 2.45) is 10.1 Å². The van der Waals surface area contributed by atoms with Gasteiger partial charge in [0.05, 0.1) is 5.36 Å². The van der Waals surface area contributed by atoms with Crippen molar-refractivity contribution in [2.45, 2.75) is 19.7 Å². The third kappa shape index (κ3) is 4.54. The van der Waals surface area contributed by atoms with E-state index in [2.05, 4.69) is 21.2 Å². The Balaban J connectivity index is 1.50. The standard InChI is InChI=1S/C25H21BrN4O2S/c1-2-33-25-28-24(31)22-20-14-18(26)10-13-21(20)27-23(30(22)29-25)17-8-11-19(12-9-17)32-15-16-6-4-3-5-7-16/h3-14,23H,2,15H2,1H3,(H,28,29,31). The van der Waals surface area contributed by atoms with Crippen LogP contribution in [0.5, 0.6) is 5.75 Å². The average molecular weight is 521 g/mol. The van der Waals surface area contributed by atoms with Crippen molar-refractivity contribution in [3.8, 4) is 5.75 Å². The van der Waals surface area contributed by atoms with Gasteiger partial charge in [-0.3, -0.25) is 15.1 Å². The van der Waals surface area contributed by atoms with E-state index < -0.39 is 6.17 Å². The maximum absolute atomic E-state index is 13.1. The molecule has 33 heavy (non-hydrogen) atoms. The van der Waals surface area contributed by atoms with E-state index in [1.54, 1.807) is 5.01 Å². The molecule has 0 saturated carbocycles. The van der Waals surface area contributed by atoms with Crippen molar-refractivity contribution in [3.05, 3.63) is 99.0 Å². The van der Waals surface area contributed by atoms with Crippen LogP contribution in [0.4, 0.5) is 0 Å². The minimum Gasteiger partial charge on any atom is -0.489 e. The van der Waals surface area contributed by atoms with E-state index in [1.807, 2.05) is 79.7 Å². The number of fused-ring (bicyclic) bond motifs is 2. The summed E-state index contributed by atoms with van der Waals surface area (Å²) in [6, 6.07) is 23.6. The molecule has 0 spiro atoms. The summed E-state index contributed by atoms with van der Waals surface area (Å²) in [5.74, 6) is 1.40. The van der Waals surface area contributed by atoms with Crippen LogP contribution in [0.2, 0.25) is 0 Å². The van der Waals surface area contributed by atoms with Gasteiger partial charge in [0.1, 0.15) is 18.1 Å². The Kier molecular flexibility index (Phi) is 6.20. The normalized spacial score (nSPS) is 16.8. The summed E-state index contributed by atoms with van der Waals surface area (Å²) in [6.07, 6.45) is -0.449. The third-order valence-electron chi connectivity index (χ3n) is 5.28. The summed E-state index contributed by atoms with van der Waals surface area (Å²) < 4.78 is 6.81. The molecule has 1 amide bonds. The third-order valence-corrected chi connectivity index (χ3v) is 6.52. The summed E-state index contributed by atoms with van der Waals surface area (Å²) in [7, 11) is 0. The monoisotopic (exact) mass is 520 g/mol. The van der Waals surface area contributed by atoms with Gasteiger partial charge in [0.25, 0.3) is 5.91 Å². The Bertz CT molecular complexity index is 1340. The molecule has 0 radical (unpaired) electrons. The number of carbonyl (C=O) groups is 1. The molecule has 0 aromatic heterocycles. The first-order valence-electron chi connectivity index (χ1n) is 10.6. The average Bonchev–Trinajstić information content (AvgIpc) is 2.83. The van der Waals surface area contributed by atoms with Crippen LogP contribution in [0.3, 0.4) is 0 Å². The van der Waals surface area contributed by atoms with Crippen molar-refractivity contribution in [1.82, 2.24) is 10.3 Å². The molecule has 8 heteroatoms. The van der Waals surface area contributed by atoms with Gasteiger partial charge in [-0.25, -0.2) is 5.01 Å². The van der Waals surface area contributed by atoms with Crippen molar-refractivity contribution in [2.75, 3.05) is 5.75 Å². The van der Waals surface area contributed by atoms with Crippen LogP contribution in [0.15, 0.2) is 87.4 Å². The summed E-state index contributed by atoms with van der Waals surface area (Å²) in [5.41, 5.74) is 2.53. The number of hydrogen-bond donors (Lipinski definition) is 1. The van der Waals surface area contributed by atoms with E-state index in [4.69, 9.17) is 14.8 Å². The molecule has 3 aromatic carbocycles. The van der Waals surface area contributed by atoms with Gasteiger partial charge in [-0.2, -0.15) is 0 Å². The van der Waals surface area contributed by atoms with Crippen LogP contribution < -0.4 is 20.6 Å². The fraction of sp³-hybridized carbons (Fsp3) is 0.160. The maximum atomic E-state index is 13.1. The van der Waals surface area contributed by atoms with E-state index in [0.29, 0.717) is 17.5 Å². The first kappa shape index (κ1) is 21.7. The van der Waals surface area contributed by atoms with E-state index >= 15 is 0 Å². The lowest BCUT2D eigenvalue weighted by Crippen LogP contribution is -2.50. The van der Waals surface area contributed by atoms with Gasteiger partial charge in [0.2, 0.25) is 0 Å². The summed E-state index contributed by atoms with van der Waals surface area (Å²) in [5, 5.41) is 11.5. The lowest BCUT2D eigenvalue weighted by molar-refractivity contribution is -0.116. The minimum atomic E-state index is -0.449. The van der Waals surface area contributed by atoms with Crippen LogP contribution >= 0.6 is 27.7 Å². The molecule has 6 nitrogen and oxygen atoms in total. The molecule has 1 N–H and O–H groups in total. The highest BCUT2D eigenvalue weighted by atomic mass is 79.9. The molecular formula is C25H21BrN4O2S. The van der Waals surface area contributed by atoms with Crippen molar-refractivity contribution >= 4 is 44.5 Å². The van der Waals surface area contributed by atoms with Crippen molar-refractivity contribution in [3.63, 3.8) is 0 Å². The Morgan fingerprint density at radius 3 is 2.64 bits per heavy atom. The SMILES string of the molecule is CCSC1=NN2C(=c3cc(Br)ccc3=NC2c2ccc(OCc3ccccc3)cc2)C(=O)N1. The van der Waals surface area contributed by atoms with Crippen molar-refractivity contribution in [1.29, 1.82) is 0 Å². The Morgan fingerprint density at radius 1 is 1.09 bits per heavy atom. The Morgan fingerprint density at radius 2 is 1.88 bits per heavy atom. The van der Waals surface area contributed by atoms with E-state index in [9.17, 15) is 4.79 Å². The van der Waals surface area contributed by atoms with Gasteiger partial charge < -0.3 is 4.74 Å². The van der Waals surface area contributed by atoms with Crippen LogP contribution in [-0.4, -0.2) is 21.8 Å². The fourth-order valence-electron chi connectivity index (χ4n) is 3.75. The number of nitrogens with zero attached hydrogens (tertiary/aromatic N) is 3. The topological polar surface area (TPSA) is 66.3 Å². The Hall–Kier alpha value is -3.10. The highest BCUT2D eigenvalue weighted by Gasteiger charge is 2.34. The molecule has 0 aliphatic carbocycles. The van der Waals surface area contributed by atoms with Crippen LogP contribution in [0.1, 0.15) is 24.2 Å². The Labute approximate surface area is 204 Å². The fourth-order valence-corrected chi connectivity index (χ4v) is 4.69. The number of thioether (sulfide) groups is 1. The summed E-state index contributed by atoms with van der Waals surface area (Å²) in [6.45, 7) is 2.53. The number of amidine groups is 1.